The van der Waals surface area contributed by atoms with Crippen LogP contribution in [0.5, 0.6) is 11.5 Å². The quantitative estimate of drug-likeness (QED) is 0.777. The average Bonchev–Trinajstić information content (AvgIpc) is 2.58. The van der Waals surface area contributed by atoms with Gasteiger partial charge in [-0.05, 0) is 30.9 Å². The van der Waals surface area contributed by atoms with Gasteiger partial charge < -0.3 is 19.1 Å². The molecule has 1 aliphatic rings. The summed E-state index contributed by atoms with van der Waals surface area (Å²) in [6.45, 7) is 3.28. The summed E-state index contributed by atoms with van der Waals surface area (Å²) in [5, 5.41) is 0. The first-order chi connectivity index (χ1) is 11.1. The van der Waals surface area contributed by atoms with Crippen molar-refractivity contribution in [2.24, 2.45) is 5.92 Å². The van der Waals surface area contributed by atoms with Gasteiger partial charge in [-0.2, -0.15) is 0 Å². The van der Waals surface area contributed by atoms with Crippen LogP contribution in [0.1, 0.15) is 30.1 Å². The number of rotatable bonds is 5. The molecule has 1 unspecified atom stereocenters. The second-order valence-corrected chi connectivity index (χ2v) is 5.70. The number of amides is 1. The molecule has 1 saturated heterocycles. The Morgan fingerprint density at radius 2 is 1.87 bits per heavy atom. The Kier molecular flexibility index (Phi) is 5.84. The number of esters is 1. The molecule has 1 aromatic rings. The van der Waals surface area contributed by atoms with E-state index in [1.54, 1.807) is 23.1 Å². The third-order valence-corrected chi connectivity index (χ3v) is 3.97. The zero-order chi connectivity index (χ0) is 16.8. The fourth-order valence-electron chi connectivity index (χ4n) is 2.76. The van der Waals surface area contributed by atoms with Crippen molar-refractivity contribution in [1.82, 2.24) is 4.90 Å². The monoisotopic (exact) mass is 321 g/mol. The summed E-state index contributed by atoms with van der Waals surface area (Å²) >= 11 is 0. The van der Waals surface area contributed by atoms with Crippen molar-refractivity contribution >= 4 is 11.9 Å². The van der Waals surface area contributed by atoms with E-state index in [2.05, 4.69) is 6.92 Å². The highest BCUT2D eigenvalue weighted by atomic mass is 16.5. The van der Waals surface area contributed by atoms with E-state index in [1.807, 2.05) is 0 Å². The smallest absolute Gasteiger partial charge is 0.346 e. The lowest BCUT2D eigenvalue weighted by molar-refractivity contribution is -0.136. The number of ether oxygens (including phenoxy) is 3. The standard InChI is InChI=1S/C17H23NO5/c1-12-6-5-9-18(10-12)15(19)11-23-17(20)16-13(21-2)7-4-8-14(16)22-3/h4,7-8,12H,5-6,9-11H2,1-3H3. The Labute approximate surface area is 136 Å². The Morgan fingerprint density at radius 1 is 1.22 bits per heavy atom. The lowest BCUT2D eigenvalue weighted by Crippen LogP contribution is -2.41. The van der Waals surface area contributed by atoms with Crippen LogP contribution in [0, 0.1) is 5.92 Å². The average molecular weight is 321 g/mol. The largest absolute Gasteiger partial charge is 0.496 e. The summed E-state index contributed by atoms with van der Waals surface area (Å²) in [5.41, 5.74) is 0.192. The molecule has 6 heteroatoms. The van der Waals surface area contributed by atoms with Crippen LogP contribution in [-0.2, 0) is 9.53 Å². The van der Waals surface area contributed by atoms with Gasteiger partial charge >= 0.3 is 5.97 Å². The van der Waals surface area contributed by atoms with Crippen molar-refractivity contribution in [3.8, 4) is 11.5 Å². The first-order valence-electron chi connectivity index (χ1n) is 7.72. The van der Waals surface area contributed by atoms with Crippen LogP contribution < -0.4 is 9.47 Å². The highest BCUT2D eigenvalue weighted by molar-refractivity contribution is 5.96. The first kappa shape index (κ1) is 17.1. The van der Waals surface area contributed by atoms with E-state index in [-0.39, 0.29) is 18.1 Å². The number of nitrogens with zero attached hydrogens (tertiary/aromatic N) is 1. The molecule has 1 heterocycles. The first-order valence-corrected chi connectivity index (χ1v) is 7.72. The summed E-state index contributed by atoms with van der Waals surface area (Å²) in [5.74, 6) is 0.399. The molecule has 0 spiro atoms. The summed E-state index contributed by atoms with van der Waals surface area (Å²) < 4.78 is 15.5. The molecule has 0 aliphatic carbocycles. The number of hydrogen-bond donors (Lipinski definition) is 0. The second-order valence-electron chi connectivity index (χ2n) is 5.70. The van der Waals surface area contributed by atoms with E-state index >= 15 is 0 Å². The molecule has 0 N–H and O–H groups in total. The summed E-state index contributed by atoms with van der Waals surface area (Å²) in [7, 11) is 2.93. The Bertz CT molecular complexity index is 550. The van der Waals surface area contributed by atoms with Crippen LogP contribution in [0.2, 0.25) is 0 Å². The Balaban J connectivity index is 2.01. The van der Waals surface area contributed by atoms with Gasteiger partial charge in [-0.15, -0.1) is 0 Å². The predicted molar refractivity (Wildman–Crippen MR) is 84.8 cm³/mol. The van der Waals surface area contributed by atoms with Crippen LogP contribution in [-0.4, -0.2) is 50.7 Å². The van der Waals surface area contributed by atoms with Gasteiger partial charge in [0.05, 0.1) is 14.2 Å². The van der Waals surface area contributed by atoms with Gasteiger partial charge in [0.15, 0.2) is 6.61 Å². The molecule has 1 atom stereocenters. The maximum atomic E-state index is 12.3. The van der Waals surface area contributed by atoms with E-state index in [1.165, 1.54) is 14.2 Å². The van der Waals surface area contributed by atoms with Crippen molar-refractivity contribution in [1.29, 1.82) is 0 Å². The van der Waals surface area contributed by atoms with Gasteiger partial charge in [0.2, 0.25) is 0 Å². The Hall–Kier alpha value is -2.24. The van der Waals surface area contributed by atoms with Crippen LogP contribution in [0.3, 0.4) is 0 Å². The summed E-state index contributed by atoms with van der Waals surface area (Å²) in [6.07, 6.45) is 2.11. The van der Waals surface area contributed by atoms with Crippen molar-refractivity contribution < 1.29 is 23.8 Å². The Morgan fingerprint density at radius 3 is 2.43 bits per heavy atom. The maximum absolute atomic E-state index is 12.3. The maximum Gasteiger partial charge on any atom is 0.346 e. The van der Waals surface area contributed by atoms with Crippen molar-refractivity contribution in [3.63, 3.8) is 0 Å². The van der Waals surface area contributed by atoms with Crippen LogP contribution in [0.15, 0.2) is 18.2 Å². The van der Waals surface area contributed by atoms with E-state index in [9.17, 15) is 9.59 Å². The fourth-order valence-corrected chi connectivity index (χ4v) is 2.76. The molecule has 0 saturated carbocycles. The van der Waals surface area contributed by atoms with Crippen LogP contribution in [0.25, 0.3) is 0 Å². The third-order valence-electron chi connectivity index (χ3n) is 3.97. The number of likely N-dealkylation sites (tertiary alicyclic amines) is 1. The molecule has 23 heavy (non-hydrogen) atoms. The number of benzene rings is 1. The van der Waals surface area contributed by atoms with Crippen LogP contribution in [0.4, 0.5) is 0 Å². The highest BCUT2D eigenvalue weighted by Crippen LogP contribution is 2.28. The van der Waals surface area contributed by atoms with Gasteiger partial charge in [-0.3, -0.25) is 4.79 Å². The molecular weight excluding hydrogens is 298 g/mol. The number of carbonyl (C=O) groups excluding carboxylic acids is 2. The molecule has 1 amide bonds. The zero-order valence-corrected chi connectivity index (χ0v) is 13.8. The number of methoxy groups -OCH3 is 2. The topological polar surface area (TPSA) is 65.1 Å². The van der Waals surface area contributed by atoms with Gasteiger partial charge in [0.25, 0.3) is 5.91 Å². The van der Waals surface area contributed by atoms with E-state index in [0.29, 0.717) is 24.0 Å². The van der Waals surface area contributed by atoms with Crippen LogP contribution >= 0.6 is 0 Å². The number of piperidine rings is 1. The van der Waals surface area contributed by atoms with E-state index in [4.69, 9.17) is 14.2 Å². The normalized spacial score (nSPS) is 17.5. The number of carbonyl (C=O) groups is 2. The summed E-state index contributed by atoms with van der Waals surface area (Å²) in [4.78, 5) is 26.2. The van der Waals surface area contributed by atoms with Gasteiger partial charge in [0, 0.05) is 13.1 Å². The van der Waals surface area contributed by atoms with Gasteiger partial charge in [0.1, 0.15) is 17.1 Å². The van der Waals surface area contributed by atoms with Crippen molar-refractivity contribution in [2.75, 3.05) is 33.9 Å². The highest BCUT2D eigenvalue weighted by Gasteiger charge is 2.24. The molecule has 0 bridgehead atoms. The van der Waals surface area contributed by atoms with Gasteiger partial charge in [-0.1, -0.05) is 13.0 Å². The minimum absolute atomic E-state index is 0.168. The molecule has 1 aromatic carbocycles. The van der Waals surface area contributed by atoms with Gasteiger partial charge in [-0.25, -0.2) is 4.79 Å². The van der Waals surface area contributed by atoms with E-state index < -0.39 is 5.97 Å². The fraction of sp³-hybridized carbons (Fsp3) is 0.529. The molecular formula is C17H23NO5. The lowest BCUT2D eigenvalue weighted by atomic mass is 10.0. The lowest BCUT2D eigenvalue weighted by Gasteiger charge is -2.30. The summed E-state index contributed by atoms with van der Waals surface area (Å²) in [6, 6.07) is 5.01. The minimum Gasteiger partial charge on any atom is -0.496 e. The SMILES string of the molecule is COc1cccc(OC)c1C(=O)OCC(=O)N1CCCC(C)C1. The third kappa shape index (κ3) is 4.15. The molecule has 1 aliphatic heterocycles. The molecule has 2 rings (SSSR count). The minimum atomic E-state index is -0.627. The van der Waals surface area contributed by atoms with Crippen molar-refractivity contribution in [2.45, 2.75) is 19.8 Å². The van der Waals surface area contributed by atoms with Crippen molar-refractivity contribution in [3.05, 3.63) is 23.8 Å². The molecule has 1 fully saturated rings. The number of hydrogen-bond acceptors (Lipinski definition) is 5. The zero-order valence-electron chi connectivity index (χ0n) is 13.8. The molecule has 0 aromatic heterocycles. The van der Waals surface area contributed by atoms with E-state index in [0.717, 1.165) is 19.4 Å². The molecule has 0 radical (unpaired) electrons. The molecule has 126 valence electrons. The predicted octanol–water partition coefficient (Wildman–Crippen LogP) is 2.12. The second kappa shape index (κ2) is 7.85. The molecule has 6 nitrogen and oxygen atoms in total.